The number of anilines is 2. The van der Waals surface area contributed by atoms with Crippen LogP contribution in [0, 0.1) is 12.7 Å². The van der Waals surface area contributed by atoms with E-state index in [-0.39, 0.29) is 11.3 Å². The highest BCUT2D eigenvalue weighted by molar-refractivity contribution is 6.31. The van der Waals surface area contributed by atoms with Gasteiger partial charge in [-0.25, -0.2) is 4.39 Å². The normalized spacial score (nSPS) is 15.2. The molecule has 1 aliphatic rings. The molecular weight excluding hydrogens is 381 g/mol. The van der Waals surface area contributed by atoms with Gasteiger partial charge < -0.3 is 19.5 Å². The Hall–Kier alpha value is -2.57. The zero-order chi connectivity index (χ0) is 19.8. The lowest BCUT2D eigenvalue weighted by molar-refractivity contribution is 0.0997. The summed E-state index contributed by atoms with van der Waals surface area (Å²) in [6.07, 6.45) is 0. The number of nitrogens with zero attached hydrogens (tertiary/aromatic N) is 2. The maximum absolute atomic E-state index is 14.0. The van der Waals surface area contributed by atoms with Crippen LogP contribution in [-0.4, -0.2) is 44.0 Å². The Morgan fingerprint density at radius 3 is 2.64 bits per heavy atom. The van der Waals surface area contributed by atoms with Crippen molar-refractivity contribution in [3.8, 4) is 0 Å². The van der Waals surface area contributed by atoms with Gasteiger partial charge in [0.2, 0.25) is 0 Å². The van der Waals surface area contributed by atoms with Crippen LogP contribution in [0.15, 0.2) is 40.8 Å². The molecule has 2 aromatic carbocycles. The molecule has 7 heteroatoms. The molecule has 4 rings (SSSR count). The molecule has 5 nitrogen and oxygen atoms in total. The van der Waals surface area contributed by atoms with Crippen molar-refractivity contribution in [2.45, 2.75) is 6.92 Å². The SMILES string of the molecule is Cc1c(C(=O)Nc2cc(Cl)ccc2N2CCN(C)CC2)oc2c(F)cccc12. The Morgan fingerprint density at radius 1 is 1.18 bits per heavy atom. The summed E-state index contributed by atoms with van der Waals surface area (Å²) < 4.78 is 19.6. The number of piperazine rings is 1. The molecule has 0 unspecified atom stereocenters. The first-order valence-electron chi connectivity index (χ1n) is 9.16. The summed E-state index contributed by atoms with van der Waals surface area (Å²) >= 11 is 6.17. The minimum Gasteiger partial charge on any atom is -0.448 e. The van der Waals surface area contributed by atoms with Crippen molar-refractivity contribution in [2.75, 3.05) is 43.4 Å². The summed E-state index contributed by atoms with van der Waals surface area (Å²) in [7, 11) is 2.09. The monoisotopic (exact) mass is 401 g/mol. The van der Waals surface area contributed by atoms with E-state index < -0.39 is 11.7 Å². The highest BCUT2D eigenvalue weighted by atomic mass is 35.5. The van der Waals surface area contributed by atoms with Gasteiger partial charge in [0, 0.05) is 42.2 Å². The van der Waals surface area contributed by atoms with Crippen LogP contribution < -0.4 is 10.2 Å². The van der Waals surface area contributed by atoms with Crippen molar-refractivity contribution in [1.82, 2.24) is 4.90 Å². The summed E-state index contributed by atoms with van der Waals surface area (Å²) in [5.74, 6) is -0.810. The predicted octanol–water partition coefficient (Wildman–Crippen LogP) is 4.54. The van der Waals surface area contributed by atoms with Gasteiger partial charge in [-0.15, -0.1) is 0 Å². The molecule has 0 saturated carbocycles. The highest BCUT2D eigenvalue weighted by Crippen LogP contribution is 2.32. The standard InChI is InChI=1S/C21H21ClFN3O2/c1-13-15-4-3-5-16(23)20(15)28-19(13)21(27)24-17-12-14(22)6-7-18(17)26-10-8-25(2)9-11-26/h3-7,12H,8-11H2,1-2H3,(H,24,27). The van der Waals surface area contributed by atoms with Crippen LogP contribution in [0.2, 0.25) is 5.02 Å². The van der Waals surface area contributed by atoms with Crippen molar-refractivity contribution in [1.29, 1.82) is 0 Å². The molecule has 1 aliphatic heterocycles. The van der Waals surface area contributed by atoms with E-state index in [1.54, 1.807) is 25.1 Å². The first kappa shape index (κ1) is 18.8. The van der Waals surface area contributed by atoms with Gasteiger partial charge in [0.05, 0.1) is 11.4 Å². The van der Waals surface area contributed by atoms with Gasteiger partial charge in [0.25, 0.3) is 5.91 Å². The average Bonchev–Trinajstić information content (AvgIpc) is 3.01. The fraction of sp³-hybridized carbons (Fsp3) is 0.286. The zero-order valence-electron chi connectivity index (χ0n) is 15.8. The number of nitrogens with one attached hydrogen (secondary N) is 1. The van der Waals surface area contributed by atoms with Crippen molar-refractivity contribution in [2.24, 2.45) is 0 Å². The van der Waals surface area contributed by atoms with Gasteiger partial charge in [0.15, 0.2) is 17.2 Å². The molecule has 1 N–H and O–H groups in total. The van der Waals surface area contributed by atoms with E-state index in [0.717, 1.165) is 31.9 Å². The van der Waals surface area contributed by atoms with Gasteiger partial charge in [-0.2, -0.15) is 0 Å². The number of rotatable bonds is 3. The third-order valence-corrected chi connectivity index (χ3v) is 5.41. The number of halogens is 2. The third kappa shape index (κ3) is 3.45. The van der Waals surface area contributed by atoms with Crippen LogP contribution in [0.4, 0.5) is 15.8 Å². The van der Waals surface area contributed by atoms with E-state index in [9.17, 15) is 9.18 Å². The summed E-state index contributed by atoms with van der Waals surface area (Å²) in [6, 6.07) is 10.1. The molecule has 2 heterocycles. The lowest BCUT2D eigenvalue weighted by atomic mass is 10.1. The fourth-order valence-corrected chi connectivity index (χ4v) is 3.71. The zero-order valence-corrected chi connectivity index (χ0v) is 16.5. The Morgan fingerprint density at radius 2 is 1.93 bits per heavy atom. The Balaban J connectivity index is 1.66. The molecular formula is C21H21ClFN3O2. The molecule has 3 aromatic rings. The number of aryl methyl sites for hydroxylation is 1. The number of hydrogen-bond donors (Lipinski definition) is 1. The molecule has 0 radical (unpaired) electrons. The second-order valence-electron chi connectivity index (χ2n) is 7.08. The fourth-order valence-electron chi connectivity index (χ4n) is 3.54. The lowest BCUT2D eigenvalue weighted by Crippen LogP contribution is -2.44. The van der Waals surface area contributed by atoms with Crippen LogP contribution in [-0.2, 0) is 0 Å². The van der Waals surface area contributed by atoms with Gasteiger partial charge in [-0.05, 0) is 38.2 Å². The number of amides is 1. The number of fused-ring (bicyclic) bond motifs is 1. The number of furan rings is 1. The highest BCUT2D eigenvalue weighted by Gasteiger charge is 2.22. The molecule has 1 amide bonds. The number of likely N-dealkylation sites (N-methyl/N-ethyl adjacent to an activating group) is 1. The van der Waals surface area contributed by atoms with E-state index >= 15 is 0 Å². The summed E-state index contributed by atoms with van der Waals surface area (Å²) in [4.78, 5) is 17.4. The summed E-state index contributed by atoms with van der Waals surface area (Å²) in [5, 5.41) is 4.02. The van der Waals surface area contributed by atoms with Crippen molar-refractivity contribution < 1.29 is 13.6 Å². The summed E-state index contributed by atoms with van der Waals surface area (Å²) in [6.45, 7) is 5.35. The first-order valence-corrected chi connectivity index (χ1v) is 9.54. The topological polar surface area (TPSA) is 48.7 Å². The Labute approximate surface area is 167 Å². The van der Waals surface area contributed by atoms with E-state index in [1.165, 1.54) is 6.07 Å². The maximum atomic E-state index is 14.0. The van der Waals surface area contributed by atoms with Crippen molar-refractivity contribution >= 4 is 39.9 Å². The number of para-hydroxylation sites is 1. The quantitative estimate of drug-likeness (QED) is 0.700. The molecule has 0 aliphatic carbocycles. The van der Waals surface area contributed by atoms with Gasteiger partial charge >= 0.3 is 0 Å². The van der Waals surface area contributed by atoms with Crippen LogP contribution in [0.3, 0.4) is 0 Å². The largest absolute Gasteiger partial charge is 0.448 e. The Bertz CT molecular complexity index is 1040. The molecule has 0 spiro atoms. The smallest absolute Gasteiger partial charge is 0.291 e. The van der Waals surface area contributed by atoms with E-state index in [0.29, 0.717) is 21.7 Å². The minimum absolute atomic E-state index is 0.0931. The molecule has 1 fully saturated rings. The van der Waals surface area contributed by atoms with E-state index in [4.69, 9.17) is 16.0 Å². The number of carbonyl (C=O) groups excluding carboxylic acids is 1. The summed E-state index contributed by atoms with van der Waals surface area (Å²) in [5.41, 5.74) is 2.22. The average molecular weight is 402 g/mol. The van der Waals surface area contributed by atoms with Crippen molar-refractivity contribution in [3.05, 3.63) is 58.6 Å². The number of benzene rings is 2. The van der Waals surface area contributed by atoms with Crippen LogP contribution in [0.1, 0.15) is 16.1 Å². The first-order chi connectivity index (χ1) is 13.4. The van der Waals surface area contributed by atoms with Crippen LogP contribution >= 0.6 is 11.6 Å². The maximum Gasteiger partial charge on any atom is 0.291 e. The van der Waals surface area contributed by atoms with Gasteiger partial charge in [-0.3, -0.25) is 4.79 Å². The minimum atomic E-state index is -0.486. The lowest BCUT2D eigenvalue weighted by Gasteiger charge is -2.35. The Kier molecular flexibility index (Phi) is 5.00. The number of hydrogen-bond acceptors (Lipinski definition) is 4. The molecule has 0 bridgehead atoms. The molecule has 28 heavy (non-hydrogen) atoms. The van der Waals surface area contributed by atoms with E-state index in [2.05, 4.69) is 22.2 Å². The van der Waals surface area contributed by atoms with E-state index in [1.807, 2.05) is 12.1 Å². The molecule has 1 saturated heterocycles. The molecule has 0 atom stereocenters. The van der Waals surface area contributed by atoms with Crippen molar-refractivity contribution in [3.63, 3.8) is 0 Å². The molecule has 146 valence electrons. The second-order valence-corrected chi connectivity index (χ2v) is 7.52. The van der Waals surface area contributed by atoms with Crippen LogP contribution in [0.25, 0.3) is 11.0 Å². The molecule has 1 aromatic heterocycles. The third-order valence-electron chi connectivity index (χ3n) is 5.17. The van der Waals surface area contributed by atoms with Gasteiger partial charge in [-0.1, -0.05) is 23.7 Å². The second kappa shape index (κ2) is 7.45. The predicted molar refractivity (Wildman–Crippen MR) is 110 cm³/mol. The number of carbonyl (C=O) groups is 1. The van der Waals surface area contributed by atoms with Crippen LogP contribution in [0.5, 0.6) is 0 Å². The van der Waals surface area contributed by atoms with Gasteiger partial charge in [0.1, 0.15) is 0 Å².